The van der Waals surface area contributed by atoms with Crippen molar-refractivity contribution >= 4 is 0 Å². The van der Waals surface area contributed by atoms with Gasteiger partial charge in [0.05, 0.1) is 0 Å². The van der Waals surface area contributed by atoms with Gasteiger partial charge in [0.1, 0.15) is 0 Å². The lowest BCUT2D eigenvalue weighted by atomic mass is 10.0. The van der Waals surface area contributed by atoms with Gasteiger partial charge in [0.2, 0.25) is 0 Å². The Labute approximate surface area is 74.9 Å². The smallest absolute Gasteiger partial charge is 0.0176 e. The van der Waals surface area contributed by atoms with Crippen LogP contribution in [0.25, 0.3) is 0 Å². The van der Waals surface area contributed by atoms with Crippen LogP contribution < -0.4 is 5.32 Å². The molecule has 0 bridgehead atoms. The van der Waals surface area contributed by atoms with Crippen molar-refractivity contribution in [2.45, 2.75) is 20.3 Å². The molecule has 0 amide bonds. The number of hydrogen-bond acceptors (Lipinski definition) is 1. The van der Waals surface area contributed by atoms with Crippen molar-refractivity contribution in [3.05, 3.63) is 36.1 Å². The third kappa shape index (κ3) is 2.95. The summed E-state index contributed by atoms with van der Waals surface area (Å²) in [6.45, 7) is 5.47. The standard InChI is InChI=1S/C11H17N/c1-10(2)11-6-3-4-8-12-9-5-7-11/h3,5-7,9-10,12H,4,8H2,1-2H3/b6-3+,9-5+,11-7+. The van der Waals surface area contributed by atoms with E-state index in [1.54, 1.807) is 0 Å². The molecule has 0 unspecified atom stereocenters. The predicted molar refractivity (Wildman–Crippen MR) is 53.8 cm³/mol. The van der Waals surface area contributed by atoms with Crippen LogP contribution in [0.2, 0.25) is 0 Å². The van der Waals surface area contributed by atoms with Gasteiger partial charge in [-0.15, -0.1) is 0 Å². The quantitative estimate of drug-likeness (QED) is 0.626. The molecular formula is C11H17N. The van der Waals surface area contributed by atoms with Crippen LogP contribution in [0.15, 0.2) is 36.1 Å². The molecule has 0 saturated carbocycles. The summed E-state index contributed by atoms with van der Waals surface area (Å²) in [5, 5.41) is 3.21. The molecule has 0 aromatic carbocycles. The highest BCUT2D eigenvalue weighted by atomic mass is 14.8. The van der Waals surface area contributed by atoms with E-state index in [9.17, 15) is 0 Å². The Hall–Kier alpha value is -0.980. The maximum absolute atomic E-state index is 3.21. The minimum atomic E-state index is 0.615. The zero-order chi connectivity index (χ0) is 8.81. The van der Waals surface area contributed by atoms with Crippen LogP contribution >= 0.6 is 0 Å². The monoisotopic (exact) mass is 163 g/mol. The van der Waals surface area contributed by atoms with Crippen molar-refractivity contribution in [3.8, 4) is 0 Å². The third-order valence-electron chi connectivity index (χ3n) is 1.94. The molecule has 66 valence electrons. The van der Waals surface area contributed by atoms with Gasteiger partial charge in [-0.1, -0.05) is 32.1 Å². The van der Waals surface area contributed by atoms with Gasteiger partial charge < -0.3 is 5.32 Å². The van der Waals surface area contributed by atoms with E-state index in [0.29, 0.717) is 5.92 Å². The summed E-state index contributed by atoms with van der Waals surface area (Å²) < 4.78 is 0. The first-order chi connectivity index (χ1) is 5.80. The van der Waals surface area contributed by atoms with E-state index in [0.717, 1.165) is 13.0 Å². The van der Waals surface area contributed by atoms with Crippen LogP contribution in [0.1, 0.15) is 20.3 Å². The van der Waals surface area contributed by atoms with Gasteiger partial charge in [0.25, 0.3) is 0 Å². The van der Waals surface area contributed by atoms with E-state index in [2.05, 4.69) is 43.5 Å². The third-order valence-corrected chi connectivity index (χ3v) is 1.94. The largest absolute Gasteiger partial charge is 0.391 e. The van der Waals surface area contributed by atoms with Crippen molar-refractivity contribution in [1.82, 2.24) is 5.32 Å². The molecule has 1 aliphatic heterocycles. The van der Waals surface area contributed by atoms with Gasteiger partial charge in [-0.3, -0.25) is 0 Å². The maximum atomic E-state index is 3.21. The lowest BCUT2D eigenvalue weighted by Gasteiger charge is -2.03. The predicted octanol–water partition coefficient (Wildman–Crippen LogP) is 2.63. The van der Waals surface area contributed by atoms with E-state index in [1.807, 2.05) is 6.20 Å². The van der Waals surface area contributed by atoms with Crippen LogP contribution in [-0.2, 0) is 0 Å². The van der Waals surface area contributed by atoms with Crippen molar-refractivity contribution in [2.75, 3.05) is 6.54 Å². The lowest BCUT2D eigenvalue weighted by Crippen LogP contribution is -2.04. The van der Waals surface area contributed by atoms with Gasteiger partial charge in [-0.2, -0.15) is 0 Å². The first-order valence-corrected chi connectivity index (χ1v) is 4.57. The van der Waals surface area contributed by atoms with Crippen LogP contribution in [0.3, 0.4) is 0 Å². The van der Waals surface area contributed by atoms with E-state index in [-0.39, 0.29) is 0 Å². The Morgan fingerprint density at radius 3 is 3.00 bits per heavy atom. The second kappa shape index (κ2) is 4.81. The minimum Gasteiger partial charge on any atom is -0.391 e. The number of rotatable bonds is 1. The summed E-state index contributed by atoms with van der Waals surface area (Å²) in [4.78, 5) is 0. The molecule has 1 nitrogen and oxygen atoms in total. The fourth-order valence-corrected chi connectivity index (χ4v) is 1.14. The molecule has 1 heterocycles. The van der Waals surface area contributed by atoms with Gasteiger partial charge >= 0.3 is 0 Å². The Balaban J connectivity index is 2.71. The molecule has 0 radical (unpaired) electrons. The molecule has 12 heavy (non-hydrogen) atoms. The highest BCUT2D eigenvalue weighted by Crippen LogP contribution is 2.11. The van der Waals surface area contributed by atoms with E-state index >= 15 is 0 Å². The Morgan fingerprint density at radius 2 is 2.25 bits per heavy atom. The summed E-state index contributed by atoms with van der Waals surface area (Å²) in [6, 6.07) is 0. The summed E-state index contributed by atoms with van der Waals surface area (Å²) >= 11 is 0. The molecule has 1 N–H and O–H groups in total. The molecule has 0 atom stereocenters. The summed E-state index contributed by atoms with van der Waals surface area (Å²) in [5.74, 6) is 0.615. The number of nitrogens with one attached hydrogen (secondary N) is 1. The van der Waals surface area contributed by atoms with Crippen LogP contribution in [0.4, 0.5) is 0 Å². The maximum Gasteiger partial charge on any atom is 0.0176 e. The molecule has 0 aromatic heterocycles. The molecule has 1 heteroatoms. The Kier molecular flexibility index (Phi) is 3.65. The molecule has 0 aliphatic carbocycles. The van der Waals surface area contributed by atoms with E-state index in [4.69, 9.17) is 0 Å². The molecule has 1 aliphatic rings. The molecular weight excluding hydrogens is 146 g/mol. The van der Waals surface area contributed by atoms with Crippen molar-refractivity contribution in [2.24, 2.45) is 5.92 Å². The fraction of sp³-hybridized carbons (Fsp3) is 0.455. The highest BCUT2D eigenvalue weighted by Gasteiger charge is 1.97. The van der Waals surface area contributed by atoms with E-state index in [1.165, 1.54) is 5.57 Å². The molecule has 0 spiro atoms. The van der Waals surface area contributed by atoms with Crippen molar-refractivity contribution in [1.29, 1.82) is 0 Å². The Morgan fingerprint density at radius 1 is 1.42 bits per heavy atom. The lowest BCUT2D eigenvalue weighted by molar-refractivity contribution is 0.790. The minimum absolute atomic E-state index is 0.615. The topological polar surface area (TPSA) is 12.0 Å². The van der Waals surface area contributed by atoms with Gasteiger partial charge in [-0.25, -0.2) is 0 Å². The molecule has 0 saturated heterocycles. The SMILES string of the molecule is CC(C)C1=C/C=C/NCC\C=C\1. The molecule has 0 fully saturated rings. The molecule has 0 aromatic rings. The van der Waals surface area contributed by atoms with Crippen LogP contribution in [0, 0.1) is 5.92 Å². The van der Waals surface area contributed by atoms with Gasteiger partial charge in [0.15, 0.2) is 0 Å². The van der Waals surface area contributed by atoms with E-state index < -0.39 is 0 Å². The fourth-order valence-electron chi connectivity index (χ4n) is 1.14. The second-order valence-electron chi connectivity index (χ2n) is 3.33. The van der Waals surface area contributed by atoms with Crippen LogP contribution in [-0.4, -0.2) is 6.54 Å². The number of allylic oxidation sites excluding steroid dienone is 4. The first-order valence-electron chi connectivity index (χ1n) is 4.57. The average Bonchev–Trinajstić information content (AvgIpc) is 2.15. The summed E-state index contributed by atoms with van der Waals surface area (Å²) in [5.41, 5.74) is 1.40. The van der Waals surface area contributed by atoms with Gasteiger partial charge in [-0.05, 0) is 30.2 Å². The number of hydrogen-bond donors (Lipinski definition) is 1. The highest BCUT2D eigenvalue weighted by molar-refractivity contribution is 5.25. The Bertz CT molecular complexity index is 209. The molecule has 1 rings (SSSR count). The van der Waals surface area contributed by atoms with Gasteiger partial charge in [0, 0.05) is 6.54 Å². The van der Waals surface area contributed by atoms with Crippen molar-refractivity contribution < 1.29 is 0 Å². The zero-order valence-corrected chi connectivity index (χ0v) is 7.88. The first kappa shape index (κ1) is 9.11. The zero-order valence-electron chi connectivity index (χ0n) is 7.88. The summed E-state index contributed by atoms with van der Waals surface area (Å²) in [6.07, 6.45) is 11.8. The van der Waals surface area contributed by atoms with Crippen molar-refractivity contribution in [3.63, 3.8) is 0 Å². The average molecular weight is 163 g/mol. The van der Waals surface area contributed by atoms with Crippen LogP contribution in [0.5, 0.6) is 0 Å². The normalized spacial score (nSPS) is 27.4. The summed E-state index contributed by atoms with van der Waals surface area (Å²) in [7, 11) is 0. The second-order valence-corrected chi connectivity index (χ2v) is 3.33.